The minimum Gasteiger partial charge on any atom is -0.356 e. The number of benzene rings is 1. The Hall–Kier alpha value is -2.34. The topological polar surface area (TPSA) is 65.7 Å². The van der Waals surface area contributed by atoms with Crippen LogP contribution in [0, 0.1) is 0 Å². The summed E-state index contributed by atoms with van der Waals surface area (Å²) in [6.07, 6.45) is 6.71. The van der Waals surface area contributed by atoms with Crippen LogP contribution < -0.4 is 10.6 Å². The van der Waals surface area contributed by atoms with Crippen LogP contribution in [0.2, 0.25) is 0 Å². The molecular weight excluding hydrogens is 338 g/mol. The van der Waals surface area contributed by atoms with Crippen LogP contribution in [0.5, 0.6) is 0 Å². The molecule has 2 fully saturated rings. The first-order valence-corrected chi connectivity index (χ1v) is 10.0. The Balaban J connectivity index is 1.27. The standard InChI is InChI=1S/C21H29N5O/c1-22-21(24-17-11-12-26(15-17)19-9-5-6-10-19)23-14-18-13-20(27-25-18)16-7-3-2-4-8-16/h2-4,7-8,13,17,19H,5-6,9-12,14-15H2,1H3,(H2,22,23,24). The Labute approximate surface area is 161 Å². The Kier molecular flexibility index (Phi) is 5.72. The second kappa shape index (κ2) is 8.57. The van der Waals surface area contributed by atoms with Crippen LogP contribution in [0.3, 0.4) is 0 Å². The smallest absolute Gasteiger partial charge is 0.191 e. The maximum atomic E-state index is 5.46. The highest BCUT2D eigenvalue weighted by Crippen LogP contribution is 2.26. The van der Waals surface area contributed by atoms with Crippen molar-refractivity contribution in [3.05, 3.63) is 42.1 Å². The summed E-state index contributed by atoms with van der Waals surface area (Å²) in [5, 5.41) is 11.1. The SMILES string of the molecule is CN=C(NCc1cc(-c2ccccc2)on1)NC1CCN(C2CCCC2)C1. The third-order valence-electron chi connectivity index (χ3n) is 5.68. The van der Waals surface area contributed by atoms with Crippen molar-refractivity contribution in [1.29, 1.82) is 0 Å². The number of aromatic nitrogens is 1. The fraction of sp³-hybridized carbons (Fsp3) is 0.524. The fourth-order valence-electron chi connectivity index (χ4n) is 4.20. The van der Waals surface area contributed by atoms with E-state index in [-0.39, 0.29) is 0 Å². The molecule has 2 N–H and O–H groups in total. The Bertz CT molecular complexity index is 751. The van der Waals surface area contributed by atoms with Crippen molar-refractivity contribution in [2.45, 2.75) is 50.7 Å². The van der Waals surface area contributed by atoms with Crippen molar-refractivity contribution in [2.24, 2.45) is 4.99 Å². The van der Waals surface area contributed by atoms with Gasteiger partial charge in [0.15, 0.2) is 11.7 Å². The van der Waals surface area contributed by atoms with E-state index >= 15 is 0 Å². The second-order valence-corrected chi connectivity index (χ2v) is 7.54. The lowest BCUT2D eigenvalue weighted by Gasteiger charge is -2.24. The van der Waals surface area contributed by atoms with E-state index < -0.39 is 0 Å². The van der Waals surface area contributed by atoms with Gasteiger partial charge >= 0.3 is 0 Å². The lowest BCUT2D eigenvalue weighted by atomic mass is 10.2. The van der Waals surface area contributed by atoms with Crippen LogP contribution in [0.1, 0.15) is 37.8 Å². The maximum Gasteiger partial charge on any atom is 0.191 e. The molecule has 0 spiro atoms. The summed E-state index contributed by atoms with van der Waals surface area (Å²) in [6.45, 7) is 2.91. The van der Waals surface area contributed by atoms with Gasteiger partial charge in [-0.3, -0.25) is 9.89 Å². The third-order valence-corrected chi connectivity index (χ3v) is 5.68. The summed E-state index contributed by atoms with van der Waals surface area (Å²) in [5.74, 6) is 1.62. The molecule has 1 unspecified atom stereocenters. The van der Waals surface area contributed by atoms with Crippen molar-refractivity contribution < 1.29 is 4.52 Å². The van der Waals surface area contributed by atoms with E-state index in [0.29, 0.717) is 12.6 Å². The summed E-state index contributed by atoms with van der Waals surface area (Å²) < 4.78 is 5.46. The summed E-state index contributed by atoms with van der Waals surface area (Å²) in [4.78, 5) is 7.03. The van der Waals surface area contributed by atoms with Gasteiger partial charge < -0.3 is 15.2 Å². The molecule has 2 aromatic rings. The number of hydrogen-bond donors (Lipinski definition) is 2. The molecule has 27 heavy (non-hydrogen) atoms. The van der Waals surface area contributed by atoms with E-state index in [4.69, 9.17) is 4.52 Å². The van der Waals surface area contributed by atoms with Gasteiger partial charge in [-0.05, 0) is 19.3 Å². The molecule has 144 valence electrons. The van der Waals surface area contributed by atoms with Gasteiger partial charge in [-0.2, -0.15) is 0 Å². The molecule has 1 aliphatic carbocycles. The number of nitrogens with zero attached hydrogens (tertiary/aromatic N) is 3. The van der Waals surface area contributed by atoms with Crippen LogP contribution >= 0.6 is 0 Å². The molecule has 2 heterocycles. The number of hydrogen-bond acceptors (Lipinski definition) is 4. The lowest BCUT2D eigenvalue weighted by molar-refractivity contribution is 0.242. The molecule has 4 rings (SSSR count). The van der Waals surface area contributed by atoms with Crippen molar-refractivity contribution in [3.8, 4) is 11.3 Å². The molecule has 1 saturated heterocycles. The van der Waals surface area contributed by atoms with Crippen molar-refractivity contribution in [3.63, 3.8) is 0 Å². The highest BCUT2D eigenvalue weighted by molar-refractivity contribution is 5.80. The molecule has 1 atom stereocenters. The Morgan fingerprint density at radius 2 is 2.04 bits per heavy atom. The molecule has 1 aromatic carbocycles. The summed E-state index contributed by atoms with van der Waals surface area (Å²) >= 11 is 0. The number of rotatable bonds is 5. The number of likely N-dealkylation sites (tertiary alicyclic amines) is 1. The summed E-state index contributed by atoms with van der Waals surface area (Å²) in [7, 11) is 1.82. The van der Waals surface area contributed by atoms with Crippen molar-refractivity contribution in [1.82, 2.24) is 20.7 Å². The fourth-order valence-corrected chi connectivity index (χ4v) is 4.20. The Morgan fingerprint density at radius 1 is 1.22 bits per heavy atom. The van der Waals surface area contributed by atoms with Gasteiger partial charge in [0.2, 0.25) is 0 Å². The van der Waals surface area contributed by atoms with Gasteiger partial charge in [-0.1, -0.05) is 48.3 Å². The largest absolute Gasteiger partial charge is 0.356 e. The molecule has 1 saturated carbocycles. The van der Waals surface area contributed by atoms with Crippen LogP contribution in [0.4, 0.5) is 0 Å². The van der Waals surface area contributed by atoms with E-state index in [1.807, 2.05) is 43.4 Å². The third kappa shape index (κ3) is 4.50. The van der Waals surface area contributed by atoms with E-state index in [1.54, 1.807) is 0 Å². The van der Waals surface area contributed by atoms with Crippen molar-refractivity contribution in [2.75, 3.05) is 20.1 Å². The van der Waals surface area contributed by atoms with E-state index in [2.05, 4.69) is 25.7 Å². The summed E-state index contributed by atoms with van der Waals surface area (Å²) in [5.41, 5.74) is 1.91. The van der Waals surface area contributed by atoms with Crippen LogP contribution in [-0.2, 0) is 6.54 Å². The molecule has 6 nitrogen and oxygen atoms in total. The minimum absolute atomic E-state index is 0.467. The zero-order chi connectivity index (χ0) is 18.5. The minimum atomic E-state index is 0.467. The van der Waals surface area contributed by atoms with Crippen LogP contribution in [0.25, 0.3) is 11.3 Å². The van der Waals surface area contributed by atoms with E-state index in [0.717, 1.165) is 35.6 Å². The molecule has 1 aliphatic heterocycles. The van der Waals surface area contributed by atoms with Crippen LogP contribution in [0.15, 0.2) is 45.9 Å². The molecule has 0 amide bonds. The molecule has 1 aromatic heterocycles. The van der Waals surface area contributed by atoms with Crippen LogP contribution in [-0.4, -0.2) is 48.2 Å². The first-order valence-electron chi connectivity index (χ1n) is 10.0. The van der Waals surface area contributed by atoms with Gasteiger partial charge in [0.05, 0.1) is 6.54 Å². The number of nitrogens with one attached hydrogen (secondary N) is 2. The van der Waals surface area contributed by atoms with Gasteiger partial charge in [-0.15, -0.1) is 0 Å². The highest BCUT2D eigenvalue weighted by atomic mass is 16.5. The molecule has 0 bridgehead atoms. The van der Waals surface area contributed by atoms with Gasteiger partial charge in [0.1, 0.15) is 5.69 Å². The maximum absolute atomic E-state index is 5.46. The normalized spacial score (nSPS) is 21.7. The molecule has 6 heteroatoms. The predicted octanol–water partition coefficient (Wildman–Crippen LogP) is 3.02. The first-order chi connectivity index (χ1) is 13.3. The molecule has 0 radical (unpaired) electrons. The number of aliphatic imine (C=N–C) groups is 1. The summed E-state index contributed by atoms with van der Waals surface area (Å²) in [6, 6.07) is 13.3. The zero-order valence-corrected chi connectivity index (χ0v) is 16.0. The van der Waals surface area contributed by atoms with Gasteiger partial charge in [-0.25, -0.2) is 0 Å². The van der Waals surface area contributed by atoms with Gasteiger partial charge in [0.25, 0.3) is 0 Å². The van der Waals surface area contributed by atoms with E-state index in [1.165, 1.54) is 38.6 Å². The quantitative estimate of drug-likeness (QED) is 0.628. The predicted molar refractivity (Wildman–Crippen MR) is 108 cm³/mol. The van der Waals surface area contributed by atoms with Gasteiger partial charge in [0, 0.05) is 43.9 Å². The van der Waals surface area contributed by atoms with E-state index in [9.17, 15) is 0 Å². The van der Waals surface area contributed by atoms with Crippen molar-refractivity contribution >= 4 is 5.96 Å². The average Bonchev–Trinajstić information content (AvgIpc) is 3.47. The number of guanidine groups is 1. The Morgan fingerprint density at radius 3 is 2.81 bits per heavy atom. The average molecular weight is 367 g/mol. The molecule has 2 aliphatic rings. The monoisotopic (exact) mass is 367 g/mol. The highest BCUT2D eigenvalue weighted by Gasteiger charge is 2.30. The lowest BCUT2D eigenvalue weighted by Crippen LogP contribution is -2.45. The second-order valence-electron chi connectivity index (χ2n) is 7.54. The first kappa shape index (κ1) is 18.0. The molecular formula is C21H29N5O. The zero-order valence-electron chi connectivity index (χ0n) is 16.0.